The Labute approximate surface area is 142 Å². The minimum Gasteiger partial charge on any atom is -0.497 e. The Balaban J connectivity index is 0.00000264. The van der Waals surface area contributed by atoms with Gasteiger partial charge in [-0.3, -0.25) is 4.79 Å². The van der Waals surface area contributed by atoms with E-state index in [1.165, 1.54) is 23.5 Å². The molecule has 1 saturated heterocycles. The van der Waals surface area contributed by atoms with E-state index in [1.807, 2.05) is 0 Å². The summed E-state index contributed by atoms with van der Waals surface area (Å²) in [5.41, 5.74) is 5.57. The highest BCUT2D eigenvalue weighted by Crippen LogP contribution is 2.20. The first-order valence-electron chi connectivity index (χ1n) is 7.05. The molecule has 1 heterocycles. The molecular formula is C14H22ClN3O4S. The molecule has 0 aliphatic carbocycles. The number of carbonyl (C=O) groups is 1. The summed E-state index contributed by atoms with van der Waals surface area (Å²) < 4.78 is 31.5. The van der Waals surface area contributed by atoms with Crippen molar-refractivity contribution >= 4 is 28.3 Å². The maximum atomic E-state index is 12.6. The molecule has 1 atom stereocenters. The molecule has 9 heteroatoms. The Morgan fingerprint density at radius 1 is 1.17 bits per heavy atom. The Hall–Kier alpha value is -1.35. The lowest BCUT2D eigenvalue weighted by Gasteiger charge is -2.34. The first-order valence-corrected chi connectivity index (χ1v) is 8.49. The monoisotopic (exact) mass is 363 g/mol. The summed E-state index contributed by atoms with van der Waals surface area (Å²) in [6, 6.07) is 5.71. The second-order valence-electron chi connectivity index (χ2n) is 5.19. The average Bonchev–Trinajstić information content (AvgIpc) is 2.54. The lowest BCUT2D eigenvalue weighted by molar-refractivity contribution is -0.133. The summed E-state index contributed by atoms with van der Waals surface area (Å²) in [5.74, 6) is 0.452. The third kappa shape index (κ3) is 4.35. The minimum atomic E-state index is -3.55. The van der Waals surface area contributed by atoms with Gasteiger partial charge in [0, 0.05) is 26.2 Å². The Bertz CT molecular complexity index is 626. The smallest absolute Gasteiger partial charge is 0.243 e. The van der Waals surface area contributed by atoms with Gasteiger partial charge < -0.3 is 15.4 Å². The van der Waals surface area contributed by atoms with Crippen molar-refractivity contribution in [3.8, 4) is 5.75 Å². The third-order valence-corrected chi connectivity index (χ3v) is 5.55. The molecule has 1 unspecified atom stereocenters. The highest BCUT2D eigenvalue weighted by molar-refractivity contribution is 7.89. The Kier molecular flexibility index (Phi) is 6.82. The molecule has 0 saturated carbocycles. The Morgan fingerprint density at radius 3 is 2.13 bits per heavy atom. The highest BCUT2D eigenvalue weighted by Gasteiger charge is 2.30. The second-order valence-corrected chi connectivity index (χ2v) is 7.13. The average molecular weight is 364 g/mol. The molecule has 23 heavy (non-hydrogen) atoms. The first kappa shape index (κ1) is 19.7. The molecule has 0 aromatic heterocycles. The van der Waals surface area contributed by atoms with Crippen molar-refractivity contribution in [1.82, 2.24) is 9.21 Å². The summed E-state index contributed by atoms with van der Waals surface area (Å²) >= 11 is 0. The fraction of sp³-hybridized carbons (Fsp3) is 0.500. The molecule has 2 N–H and O–H groups in total. The summed E-state index contributed by atoms with van der Waals surface area (Å²) in [7, 11) is -2.02. The van der Waals surface area contributed by atoms with E-state index in [4.69, 9.17) is 10.5 Å². The number of amides is 1. The molecule has 7 nitrogen and oxygen atoms in total. The van der Waals surface area contributed by atoms with Crippen molar-refractivity contribution in [3.05, 3.63) is 24.3 Å². The molecule has 1 aliphatic rings. The number of sulfonamides is 1. The van der Waals surface area contributed by atoms with Crippen LogP contribution >= 0.6 is 12.4 Å². The van der Waals surface area contributed by atoms with E-state index in [2.05, 4.69) is 0 Å². The zero-order chi connectivity index (χ0) is 16.3. The van der Waals surface area contributed by atoms with E-state index in [9.17, 15) is 13.2 Å². The Morgan fingerprint density at radius 2 is 1.70 bits per heavy atom. The molecule has 1 aromatic rings. The van der Waals surface area contributed by atoms with E-state index in [1.54, 1.807) is 24.0 Å². The van der Waals surface area contributed by atoms with Crippen LogP contribution in [-0.4, -0.2) is 62.9 Å². The topological polar surface area (TPSA) is 92.9 Å². The normalized spacial score (nSPS) is 17.3. The number of hydrogen-bond donors (Lipinski definition) is 1. The fourth-order valence-corrected chi connectivity index (χ4v) is 3.76. The van der Waals surface area contributed by atoms with Crippen LogP contribution in [-0.2, 0) is 14.8 Å². The maximum absolute atomic E-state index is 12.6. The molecule has 0 radical (unpaired) electrons. The number of halogens is 1. The molecule has 0 bridgehead atoms. The van der Waals surface area contributed by atoms with Gasteiger partial charge in [0.15, 0.2) is 0 Å². The van der Waals surface area contributed by atoms with Gasteiger partial charge in [-0.15, -0.1) is 12.4 Å². The number of nitrogens with zero attached hydrogens (tertiary/aromatic N) is 2. The van der Waals surface area contributed by atoms with Crippen LogP contribution in [0.3, 0.4) is 0 Å². The van der Waals surface area contributed by atoms with Crippen molar-refractivity contribution in [3.63, 3.8) is 0 Å². The van der Waals surface area contributed by atoms with Gasteiger partial charge in [0.05, 0.1) is 18.0 Å². The van der Waals surface area contributed by atoms with Crippen LogP contribution in [0.25, 0.3) is 0 Å². The molecule has 130 valence electrons. The number of piperazine rings is 1. The number of nitrogens with two attached hydrogens (primary N) is 1. The lowest BCUT2D eigenvalue weighted by atomic mass is 10.2. The van der Waals surface area contributed by atoms with Gasteiger partial charge in [-0.1, -0.05) is 0 Å². The predicted octanol–water partition coefficient (Wildman–Crippen LogP) is 0.297. The third-order valence-electron chi connectivity index (χ3n) is 3.64. The zero-order valence-corrected chi connectivity index (χ0v) is 14.8. The summed E-state index contributed by atoms with van der Waals surface area (Å²) in [5, 5.41) is 0. The van der Waals surface area contributed by atoms with Crippen LogP contribution in [0, 0.1) is 0 Å². The molecule has 1 aliphatic heterocycles. The number of benzene rings is 1. The number of methoxy groups -OCH3 is 1. The van der Waals surface area contributed by atoms with Gasteiger partial charge in [0.1, 0.15) is 5.75 Å². The van der Waals surface area contributed by atoms with Gasteiger partial charge in [-0.25, -0.2) is 8.42 Å². The summed E-state index contributed by atoms with van der Waals surface area (Å²) in [6.45, 7) is 2.88. The van der Waals surface area contributed by atoms with Gasteiger partial charge >= 0.3 is 0 Å². The van der Waals surface area contributed by atoms with E-state index in [0.717, 1.165) is 0 Å². The van der Waals surface area contributed by atoms with Crippen molar-refractivity contribution in [1.29, 1.82) is 0 Å². The second kappa shape index (κ2) is 7.96. The van der Waals surface area contributed by atoms with Crippen LogP contribution in [0.4, 0.5) is 0 Å². The molecule has 1 fully saturated rings. The fourth-order valence-electron chi connectivity index (χ4n) is 2.33. The quantitative estimate of drug-likeness (QED) is 0.830. The van der Waals surface area contributed by atoms with Gasteiger partial charge in [-0.2, -0.15) is 4.31 Å². The van der Waals surface area contributed by atoms with E-state index < -0.39 is 16.1 Å². The number of ether oxygens (including phenoxy) is 1. The van der Waals surface area contributed by atoms with Gasteiger partial charge in [-0.05, 0) is 31.2 Å². The minimum absolute atomic E-state index is 0. The van der Waals surface area contributed by atoms with Crippen molar-refractivity contribution in [2.75, 3.05) is 33.3 Å². The predicted molar refractivity (Wildman–Crippen MR) is 89.2 cm³/mol. The van der Waals surface area contributed by atoms with Crippen molar-refractivity contribution in [2.45, 2.75) is 17.9 Å². The van der Waals surface area contributed by atoms with Gasteiger partial charge in [0.2, 0.25) is 15.9 Å². The highest BCUT2D eigenvalue weighted by atomic mass is 35.5. The van der Waals surface area contributed by atoms with Crippen LogP contribution in [0.15, 0.2) is 29.2 Å². The SMILES string of the molecule is COc1ccc(S(=O)(=O)N2CCN(C(=O)C(C)N)CC2)cc1.Cl. The summed E-state index contributed by atoms with van der Waals surface area (Å²) in [6.07, 6.45) is 0. The molecule has 2 rings (SSSR count). The van der Waals surface area contributed by atoms with Crippen molar-refractivity contribution in [2.24, 2.45) is 5.73 Å². The lowest BCUT2D eigenvalue weighted by Crippen LogP contribution is -2.53. The molecule has 0 spiro atoms. The number of rotatable bonds is 4. The van der Waals surface area contributed by atoms with Crippen LogP contribution in [0.1, 0.15) is 6.92 Å². The zero-order valence-electron chi connectivity index (χ0n) is 13.1. The summed E-state index contributed by atoms with van der Waals surface area (Å²) in [4.78, 5) is 13.6. The van der Waals surface area contributed by atoms with Crippen LogP contribution < -0.4 is 10.5 Å². The van der Waals surface area contributed by atoms with Crippen LogP contribution in [0.5, 0.6) is 5.75 Å². The molecule has 1 aromatic carbocycles. The van der Waals surface area contributed by atoms with Crippen LogP contribution in [0.2, 0.25) is 0 Å². The molecule has 1 amide bonds. The number of hydrogen-bond acceptors (Lipinski definition) is 5. The maximum Gasteiger partial charge on any atom is 0.243 e. The first-order chi connectivity index (χ1) is 10.4. The van der Waals surface area contributed by atoms with E-state index in [0.29, 0.717) is 18.8 Å². The number of carbonyl (C=O) groups excluding carboxylic acids is 1. The standard InChI is InChI=1S/C14H21N3O4S.ClH/c1-11(15)14(18)16-7-9-17(10-8-16)22(19,20)13-5-3-12(21-2)4-6-13;/h3-6,11H,7-10,15H2,1-2H3;1H. The van der Waals surface area contributed by atoms with Crippen molar-refractivity contribution < 1.29 is 17.9 Å². The van der Waals surface area contributed by atoms with Gasteiger partial charge in [0.25, 0.3) is 0 Å². The van der Waals surface area contributed by atoms with E-state index in [-0.39, 0.29) is 36.3 Å². The van der Waals surface area contributed by atoms with E-state index >= 15 is 0 Å². The largest absolute Gasteiger partial charge is 0.497 e. The molecular weight excluding hydrogens is 342 g/mol.